The van der Waals surface area contributed by atoms with Crippen LogP contribution in [0, 0.1) is 17.6 Å². The van der Waals surface area contributed by atoms with Crippen LogP contribution in [0.25, 0.3) is 5.57 Å². The molecule has 1 amide bonds. The van der Waals surface area contributed by atoms with Gasteiger partial charge in [0.05, 0.1) is 18.3 Å². The predicted octanol–water partition coefficient (Wildman–Crippen LogP) is 5.11. The number of rotatable bonds is 4. The Labute approximate surface area is 180 Å². The third kappa shape index (κ3) is 4.18. The monoisotopic (exact) mass is 425 g/mol. The lowest BCUT2D eigenvalue weighted by Crippen LogP contribution is -2.46. The van der Waals surface area contributed by atoms with Gasteiger partial charge in [0.25, 0.3) is 5.91 Å². The standard InChI is InChI=1S/C25H25F2NO3/c1-15-19(11-8-17-12-13-25(2,14-29)31-23(15)17)16-6-9-18(10-7-16)28-24(30)22-20(26)4-3-5-21(22)27/h3-11,17,23,29H,12-14H2,1-2H3,(H,28,30). The number of aliphatic hydroxyl groups excluding tert-OH is 1. The summed E-state index contributed by atoms with van der Waals surface area (Å²) >= 11 is 0. The summed E-state index contributed by atoms with van der Waals surface area (Å²) in [6.45, 7) is 3.96. The maximum atomic E-state index is 13.8. The number of anilines is 1. The van der Waals surface area contributed by atoms with Crippen LogP contribution < -0.4 is 5.32 Å². The lowest BCUT2D eigenvalue weighted by atomic mass is 9.78. The molecule has 2 aromatic rings. The molecule has 31 heavy (non-hydrogen) atoms. The van der Waals surface area contributed by atoms with Crippen molar-refractivity contribution in [3.05, 3.63) is 83.0 Å². The highest BCUT2D eigenvalue weighted by molar-refractivity contribution is 6.04. The summed E-state index contributed by atoms with van der Waals surface area (Å²) in [5.41, 5.74) is 2.37. The van der Waals surface area contributed by atoms with Gasteiger partial charge in [-0.05, 0) is 67.7 Å². The Kier molecular flexibility index (Phi) is 5.77. The first kappa shape index (κ1) is 21.4. The van der Waals surface area contributed by atoms with E-state index < -0.39 is 28.7 Å². The fourth-order valence-corrected chi connectivity index (χ4v) is 4.27. The molecule has 0 aromatic heterocycles. The molecule has 0 bridgehead atoms. The zero-order valence-corrected chi connectivity index (χ0v) is 17.5. The second-order valence-electron chi connectivity index (χ2n) is 8.43. The number of hydrogen-bond donors (Lipinski definition) is 2. The maximum Gasteiger partial charge on any atom is 0.261 e. The number of carbonyl (C=O) groups is 1. The molecule has 2 aliphatic rings. The number of halogens is 2. The van der Waals surface area contributed by atoms with Crippen molar-refractivity contribution in [2.24, 2.45) is 5.92 Å². The van der Waals surface area contributed by atoms with Crippen molar-refractivity contribution < 1.29 is 23.4 Å². The Morgan fingerprint density at radius 2 is 1.87 bits per heavy atom. The Bertz CT molecular complexity index is 1040. The largest absolute Gasteiger partial charge is 0.393 e. The highest BCUT2D eigenvalue weighted by Gasteiger charge is 2.39. The van der Waals surface area contributed by atoms with E-state index in [9.17, 15) is 18.7 Å². The first-order chi connectivity index (χ1) is 14.8. The number of benzene rings is 2. The smallest absolute Gasteiger partial charge is 0.261 e. The number of carbonyl (C=O) groups excluding carboxylic acids is 1. The zero-order valence-electron chi connectivity index (χ0n) is 17.5. The van der Waals surface area contributed by atoms with Crippen molar-refractivity contribution in [3.63, 3.8) is 0 Å². The molecular formula is C25H25F2NO3. The quantitative estimate of drug-likeness (QED) is 0.716. The highest BCUT2D eigenvalue weighted by atomic mass is 19.1. The van der Waals surface area contributed by atoms with E-state index in [1.807, 2.05) is 26.0 Å². The Balaban J connectivity index is 1.53. The van der Waals surface area contributed by atoms with Gasteiger partial charge >= 0.3 is 0 Å². The topological polar surface area (TPSA) is 58.6 Å². The van der Waals surface area contributed by atoms with Crippen LogP contribution in [-0.4, -0.2) is 29.3 Å². The van der Waals surface area contributed by atoms with E-state index in [-0.39, 0.29) is 18.6 Å². The van der Waals surface area contributed by atoms with Gasteiger partial charge in [0.1, 0.15) is 17.2 Å². The highest BCUT2D eigenvalue weighted by Crippen LogP contribution is 2.41. The second kappa shape index (κ2) is 8.36. The summed E-state index contributed by atoms with van der Waals surface area (Å²) in [7, 11) is 0. The van der Waals surface area contributed by atoms with E-state index in [1.165, 1.54) is 6.07 Å². The third-order valence-corrected chi connectivity index (χ3v) is 6.15. The predicted molar refractivity (Wildman–Crippen MR) is 116 cm³/mol. The van der Waals surface area contributed by atoms with Crippen LogP contribution in [0.2, 0.25) is 0 Å². The first-order valence-corrected chi connectivity index (χ1v) is 10.3. The molecule has 0 radical (unpaired) electrons. The molecule has 3 unspecified atom stereocenters. The molecule has 1 aliphatic carbocycles. The van der Waals surface area contributed by atoms with Crippen LogP contribution in [0.15, 0.2) is 60.2 Å². The fourth-order valence-electron chi connectivity index (χ4n) is 4.27. The van der Waals surface area contributed by atoms with E-state index in [0.717, 1.165) is 41.7 Å². The van der Waals surface area contributed by atoms with Crippen molar-refractivity contribution in [2.75, 3.05) is 11.9 Å². The number of amides is 1. The molecule has 4 rings (SSSR count). The van der Waals surface area contributed by atoms with Crippen molar-refractivity contribution >= 4 is 17.2 Å². The van der Waals surface area contributed by atoms with Crippen molar-refractivity contribution in [1.29, 1.82) is 0 Å². The zero-order chi connectivity index (χ0) is 22.2. The van der Waals surface area contributed by atoms with Gasteiger partial charge in [-0.3, -0.25) is 4.79 Å². The third-order valence-electron chi connectivity index (χ3n) is 6.15. The van der Waals surface area contributed by atoms with E-state index in [0.29, 0.717) is 5.69 Å². The van der Waals surface area contributed by atoms with Crippen molar-refractivity contribution in [2.45, 2.75) is 38.4 Å². The summed E-state index contributed by atoms with van der Waals surface area (Å²) in [6.07, 6.45) is 5.92. The minimum atomic E-state index is -0.904. The van der Waals surface area contributed by atoms with Crippen LogP contribution in [0.3, 0.4) is 0 Å². The number of nitrogens with one attached hydrogen (secondary N) is 1. The summed E-state index contributed by atoms with van der Waals surface area (Å²) in [6, 6.07) is 10.4. The molecule has 4 nitrogen and oxygen atoms in total. The summed E-state index contributed by atoms with van der Waals surface area (Å²) < 4.78 is 33.9. The summed E-state index contributed by atoms with van der Waals surface area (Å²) in [5.74, 6) is -2.35. The Morgan fingerprint density at radius 3 is 2.52 bits per heavy atom. The molecule has 1 heterocycles. The second-order valence-corrected chi connectivity index (χ2v) is 8.43. The van der Waals surface area contributed by atoms with Crippen LogP contribution in [0.1, 0.15) is 42.6 Å². The number of fused-ring (bicyclic) bond motifs is 1. The van der Waals surface area contributed by atoms with Gasteiger partial charge in [-0.1, -0.05) is 30.4 Å². The van der Waals surface area contributed by atoms with E-state index >= 15 is 0 Å². The molecule has 0 saturated carbocycles. The van der Waals surface area contributed by atoms with Crippen LogP contribution >= 0.6 is 0 Å². The van der Waals surface area contributed by atoms with Gasteiger partial charge in [0.15, 0.2) is 0 Å². The van der Waals surface area contributed by atoms with Gasteiger partial charge < -0.3 is 15.2 Å². The fraction of sp³-hybridized carbons (Fsp3) is 0.320. The molecular weight excluding hydrogens is 400 g/mol. The summed E-state index contributed by atoms with van der Waals surface area (Å²) in [4.78, 5) is 12.3. The van der Waals surface area contributed by atoms with Gasteiger partial charge in [0, 0.05) is 11.6 Å². The Morgan fingerprint density at radius 1 is 1.19 bits per heavy atom. The number of aliphatic hydroxyl groups is 1. The van der Waals surface area contributed by atoms with Gasteiger partial charge in [-0.25, -0.2) is 8.78 Å². The molecule has 1 saturated heterocycles. The first-order valence-electron chi connectivity index (χ1n) is 10.3. The number of allylic oxidation sites excluding steroid dienone is 2. The van der Waals surface area contributed by atoms with Gasteiger partial charge in [0.2, 0.25) is 0 Å². The molecule has 2 aromatic carbocycles. The van der Waals surface area contributed by atoms with Crippen molar-refractivity contribution in [3.8, 4) is 0 Å². The minimum Gasteiger partial charge on any atom is -0.393 e. The van der Waals surface area contributed by atoms with E-state index in [4.69, 9.17) is 4.74 Å². The molecule has 3 atom stereocenters. The van der Waals surface area contributed by atoms with Gasteiger partial charge in [-0.15, -0.1) is 0 Å². The molecule has 1 fully saturated rings. The van der Waals surface area contributed by atoms with Crippen LogP contribution in [0.4, 0.5) is 14.5 Å². The average Bonchev–Trinajstić information content (AvgIpc) is 2.75. The lowest BCUT2D eigenvalue weighted by Gasteiger charge is -2.43. The van der Waals surface area contributed by atoms with Crippen molar-refractivity contribution in [1.82, 2.24) is 0 Å². The molecule has 0 spiro atoms. The molecule has 6 heteroatoms. The lowest BCUT2D eigenvalue weighted by molar-refractivity contribution is -0.141. The number of ether oxygens (including phenoxy) is 1. The van der Waals surface area contributed by atoms with Crippen LogP contribution in [0.5, 0.6) is 0 Å². The normalized spacial score (nSPS) is 25.3. The van der Waals surface area contributed by atoms with Crippen LogP contribution in [-0.2, 0) is 4.74 Å². The molecule has 1 aliphatic heterocycles. The van der Waals surface area contributed by atoms with Gasteiger partial charge in [-0.2, -0.15) is 0 Å². The number of hydrogen-bond acceptors (Lipinski definition) is 3. The molecule has 2 N–H and O–H groups in total. The van der Waals surface area contributed by atoms with E-state index in [2.05, 4.69) is 17.5 Å². The average molecular weight is 425 g/mol. The minimum absolute atomic E-state index is 0.0143. The maximum absolute atomic E-state index is 13.8. The Hall–Kier alpha value is -2.83. The summed E-state index contributed by atoms with van der Waals surface area (Å²) in [5, 5.41) is 12.2. The van der Waals surface area contributed by atoms with E-state index in [1.54, 1.807) is 12.1 Å². The molecule has 162 valence electrons. The SMILES string of the molecule is CC1=C(c2ccc(NC(=O)c3c(F)cccc3F)cc2)C=CC2CCC(C)(CO)OC12.